The van der Waals surface area contributed by atoms with Crippen molar-refractivity contribution in [1.82, 2.24) is 4.98 Å². The molecule has 78 valence electrons. The first-order valence-electron chi connectivity index (χ1n) is 4.42. The molecule has 3 N–H and O–H groups in total. The lowest BCUT2D eigenvalue weighted by molar-refractivity contribution is 1.18. The SMILES string of the molecule is Nc1cccc(Cl)c1NCc1cncs1. The highest BCUT2D eigenvalue weighted by Crippen LogP contribution is 2.28. The van der Waals surface area contributed by atoms with E-state index in [1.165, 1.54) is 0 Å². The number of rotatable bonds is 3. The summed E-state index contributed by atoms with van der Waals surface area (Å²) in [5.74, 6) is 0. The number of aromatic nitrogens is 1. The van der Waals surface area contributed by atoms with Crippen molar-refractivity contribution in [3.05, 3.63) is 39.8 Å². The van der Waals surface area contributed by atoms with E-state index in [2.05, 4.69) is 10.3 Å². The average molecular weight is 240 g/mol. The van der Waals surface area contributed by atoms with E-state index in [9.17, 15) is 0 Å². The van der Waals surface area contributed by atoms with Crippen molar-refractivity contribution in [2.24, 2.45) is 0 Å². The smallest absolute Gasteiger partial charge is 0.0794 e. The predicted molar refractivity (Wildman–Crippen MR) is 65.3 cm³/mol. The van der Waals surface area contributed by atoms with Crippen LogP contribution in [0.1, 0.15) is 4.88 Å². The molecule has 3 nitrogen and oxygen atoms in total. The number of hydrogen-bond donors (Lipinski definition) is 2. The Bertz CT molecular complexity index is 422. The Kier molecular flexibility index (Phi) is 3.08. The summed E-state index contributed by atoms with van der Waals surface area (Å²) in [5, 5.41) is 3.84. The highest BCUT2D eigenvalue weighted by Gasteiger charge is 2.03. The molecular weight excluding hydrogens is 230 g/mol. The van der Waals surface area contributed by atoms with Crippen molar-refractivity contribution in [1.29, 1.82) is 0 Å². The second kappa shape index (κ2) is 4.51. The summed E-state index contributed by atoms with van der Waals surface area (Å²) in [7, 11) is 0. The van der Waals surface area contributed by atoms with E-state index in [-0.39, 0.29) is 0 Å². The number of hydrogen-bond acceptors (Lipinski definition) is 4. The summed E-state index contributed by atoms with van der Waals surface area (Å²) in [5.41, 5.74) is 9.04. The maximum atomic E-state index is 6.01. The van der Waals surface area contributed by atoms with Crippen LogP contribution >= 0.6 is 22.9 Å². The van der Waals surface area contributed by atoms with Gasteiger partial charge in [-0.25, -0.2) is 0 Å². The highest BCUT2D eigenvalue weighted by atomic mass is 35.5. The third-order valence-corrected chi connectivity index (χ3v) is 3.06. The number of nitrogens with two attached hydrogens (primary N) is 1. The van der Waals surface area contributed by atoms with Gasteiger partial charge >= 0.3 is 0 Å². The minimum atomic E-state index is 0.638. The van der Waals surface area contributed by atoms with Crippen molar-refractivity contribution in [2.45, 2.75) is 6.54 Å². The first-order valence-corrected chi connectivity index (χ1v) is 5.68. The molecule has 0 spiro atoms. The Morgan fingerprint density at radius 2 is 2.33 bits per heavy atom. The maximum Gasteiger partial charge on any atom is 0.0794 e. The molecule has 0 bridgehead atoms. The number of para-hydroxylation sites is 1. The molecule has 1 heterocycles. The van der Waals surface area contributed by atoms with Crippen LogP contribution in [0.3, 0.4) is 0 Å². The number of nitrogen functional groups attached to an aromatic ring is 1. The first kappa shape index (κ1) is 10.3. The van der Waals surface area contributed by atoms with Gasteiger partial charge in [0.2, 0.25) is 0 Å². The van der Waals surface area contributed by atoms with E-state index >= 15 is 0 Å². The zero-order chi connectivity index (χ0) is 10.7. The summed E-state index contributed by atoms with van der Waals surface area (Å²) >= 11 is 7.61. The van der Waals surface area contributed by atoms with Gasteiger partial charge in [0.15, 0.2) is 0 Å². The predicted octanol–water partition coefficient (Wildman–Crippen LogP) is 2.99. The van der Waals surface area contributed by atoms with E-state index < -0.39 is 0 Å². The van der Waals surface area contributed by atoms with Crippen LogP contribution < -0.4 is 11.1 Å². The summed E-state index contributed by atoms with van der Waals surface area (Å²) < 4.78 is 0. The number of benzene rings is 1. The van der Waals surface area contributed by atoms with Gasteiger partial charge in [-0.15, -0.1) is 11.3 Å². The zero-order valence-corrected chi connectivity index (χ0v) is 9.48. The summed E-state index contributed by atoms with van der Waals surface area (Å²) in [6.07, 6.45) is 1.82. The molecule has 0 atom stereocenters. The largest absolute Gasteiger partial charge is 0.397 e. The standard InChI is InChI=1S/C10H10ClN3S/c11-8-2-1-3-9(12)10(8)14-5-7-4-13-6-15-7/h1-4,6,14H,5,12H2. The molecule has 2 aromatic rings. The van der Waals surface area contributed by atoms with Crippen LogP contribution in [0.2, 0.25) is 5.02 Å². The summed E-state index contributed by atoms with van der Waals surface area (Å²) in [6.45, 7) is 0.693. The second-order valence-corrected chi connectivity index (χ2v) is 4.40. The molecule has 0 aliphatic carbocycles. The average Bonchev–Trinajstić information content (AvgIpc) is 2.70. The van der Waals surface area contributed by atoms with Crippen LogP contribution in [0.25, 0.3) is 0 Å². The molecule has 0 saturated heterocycles. The Morgan fingerprint density at radius 1 is 1.47 bits per heavy atom. The monoisotopic (exact) mass is 239 g/mol. The molecule has 1 aromatic heterocycles. The minimum absolute atomic E-state index is 0.638. The minimum Gasteiger partial charge on any atom is -0.397 e. The molecule has 0 radical (unpaired) electrons. The van der Waals surface area contributed by atoms with E-state index in [1.54, 1.807) is 16.8 Å². The second-order valence-electron chi connectivity index (χ2n) is 3.03. The van der Waals surface area contributed by atoms with Crippen molar-refractivity contribution >= 4 is 34.3 Å². The molecule has 2 rings (SSSR count). The molecule has 15 heavy (non-hydrogen) atoms. The molecule has 0 saturated carbocycles. The molecule has 0 aliphatic rings. The molecule has 5 heteroatoms. The summed E-state index contributed by atoms with van der Waals surface area (Å²) in [4.78, 5) is 5.14. The van der Waals surface area contributed by atoms with Crippen molar-refractivity contribution in [3.63, 3.8) is 0 Å². The lowest BCUT2D eigenvalue weighted by atomic mass is 10.2. The number of nitrogens with one attached hydrogen (secondary N) is 1. The van der Waals surface area contributed by atoms with Gasteiger partial charge in [-0.3, -0.25) is 4.98 Å². The first-order chi connectivity index (χ1) is 7.27. The third kappa shape index (κ3) is 2.40. The Hall–Kier alpha value is -1.26. The van der Waals surface area contributed by atoms with Crippen LogP contribution in [0.4, 0.5) is 11.4 Å². The fourth-order valence-corrected chi connectivity index (χ4v) is 2.02. The number of thiazole rings is 1. The van der Waals surface area contributed by atoms with Crippen LogP contribution in [0, 0.1) is 0 Å². The molecule has 1 aromatic carbocycles. The lowest BCUT2D eigenvalue weighted by Crippen LogP contribution is -2.01. The summed E-state index contributed by atoms with van der Waals surface area (Å²) in [6, 6.07) is 5.46. The van der Waals surface area contributed by atoms with Gasteiger partial charge in [0.1, 0.15) is 0 Å². The molecule has 0 aliphatic heterocycles. The van der Waals surface area contributed by atoms with Gasteiger partial charge in [0.05, 0.1) is 28.5 Å². The van der Waals surface area contributed by atoms with Crippen molar-refractivity contribution < 1.29 is 0 Å². The Balaban J connectivity index is 2.11. The molecule has 0 fully saturated rings. The van der Waals surface area contributed by atoms with E-state index in [1.807, 2.05) is 24.4 Å². The topological polar surface area (TPSA) is 50.9 Å². The van der Waals surface area contributed by atoms with Crippen LogP contribution in [0.5, 0.6) is 0 Å². The normalized spacial score (nSPS) is 10.2. The van der Waals surface area contributed by atoms with Gasteiger partial charge in [0, 0.05) is 11.1 Å². The third-order valence-electron chi connectivity index (χ3n) is 1.97. The van der Waals surface area contributed by atoms with Gasteiger partial charge in [-0.1, -0.05) is 17.7 Å². The van der Waals surface area contributed by atoms with E-state index in [0.29, 0.717) is 17.3 Å². The van der Waals surface area contributed by atoms with E-state index in [4.69, 9.17) is 17.3 Å². The molecular formula is C10H10ClN3S. The number of halogens is 1. The Morgan fingerprint density at radius 3 is 3.00 bits per heavy atom. The van der Waals surface area contributed by atoms with E-state index in [0.717, 1.165) is 10.6 Å². The highest BCUT2D eigenvalue weighted by molar-refractivity contribution is 7.09. The van der Waals surface area contributed by atoms with Crippen molar-refractivity contribution in [3.8, 4) is 0 Å². The molecule has 0 amide bonds. The van der Waals surface area contributed by atoms with Gasteiger partial charge < -0.3 is 11.1 Å². The van der Waals surface area contributed by atoms with Gasteiger partial charge in [-0.05, 0) is 12.1 Å². The van der Waals surface area contributed by atoms with Gasteiger partial charge in [0.25, 0.3) is 0 Å². The van der Waals surface area contributed by atoms with Crippen LogP contribution in [-0.2, 0) is 6.54 Å². The number of nitrogens with zero attached hydrogens (tertiary/aromatic N) is 1. The Labute approximate surface area is 96.9 Å². The van der Waals surface area contributed by atoms with Crippen molar-refractivity contribution in [2.75, 3.05) is 11.1 Å². The van der Waals surface area contributed by atoms with Gasteiger partial charge in [-0.2, -0.15) is 0 Å². The molecule has 0 unspecified atom stereocenters. The maximum absolute atomic E-state index is 6.01. The number of anilines is 2. The van der Waals surface area contributed by atoms with Crippen LogP contribution in [-0.4, -0.2) is 4.98 Å². The lowest BCUT2D eigenvalue weighted by Gasteiger charge is -2.09. The fourth-order valence-electron chi connectivity index (χ4n) is 1.23. The van der Waals surface area contributed by atoms with Crippen LogP contribution in [0.15, 0.2) is 29.9 Å². The quantitative estimate of drug-likeness (QED) is 0.810. The zero-order valence-electron chi connectivity index (χ0n) is 7.90. The fraction of sp³-hybridized carbons (Fsp3) is 0.100.